The van der Waals surface area contributed by atoms with Gasteiger partial charge in [-0.15, -0.1) is 0 Å². The Kier molecular flexibility index (Phi) is 8.99. The van der Waals surface area contributed by atoms with Crippen molar-refractivity contribution in [3.05, 3.63) is 0 Å². The number of nitrogens with zero attached hydrogens (tertiary/aromatic N) is 3. The molecule has 1 saturated heterocycles. The van der Waals surface area contributed by atoms with Crippen LogP contribution in [0.15, 0.2) is 0 Å². The zero-order chi connectivity index (χ0) is 15.5. The molecule has 1 atom stereocenters. The molecule has 0 aliphatic carbocycles. The van der Waals surface area contributed by atoms with Crippen LogP contribution >= 0.6 is 0 Å². The zero-order valence-corrected chi connectivity index (χ0v) is 13.1. The molecule has 0 radical (unpaired) electrons. The third-order valence-corrected chi connectivity index (χ3v) is 3.78. The number of morpholine rings is 1. The minimum atomic E-state index is -0.437. The van der Waals surface area contributed by atoms with Gasteiger partial charge in [0.15, 0.2) is 0 Å². The minimum Gasteiger partial charge on any atom is -0.379 e. The monoisotopic (exact) mass is 296 g/mol. The molecule has 0 aromatic heterocycles. The highest BCUT2D eigenvalue weighted by molar-refractivity contribution is 5.81. The van der Waals surface area contributed by atoms with Crippen LogP contribution in [-0.2, 0) is 9.53 Å². The summed E-state index contributed by atoms with van der Waals surface area (Å²) >= 11 is 0. The van der Waals surface area contributed by atoms with Gasteiger partial charge >= 0.3 is 0 Å². The highest BCUT2D eigenvalue weighted by Gasteiger charge is 2.21. The van der Waals surface area contributed by atoms with Crippen molar-refractivity contribution in [2.75, 3.05) is 45.9 Å². The number of amides is 1. The molecule has 6 heteroatoms. The van der Waals surface area contributed by atoms with Gasteiger partial charge in [-0.1, -0.05) is 19.8 Å². The molecular weight excluding hydrogens is 268 g/mol. The van der Waals surface area contributed by atoms with Crippen LogP contribution in [0.1, 0.15) is 32.6 Å². The van der Waals surface area contributed by atoms with Crippen LogP contribution in [0, 0.1) is 11.3 Å². The van der Waals surface area contributed by atoms with E-state index in [1.165, 1.54) is 0 Å². The molecule has 6 nitrogen and oxygen atoms in total. The summed E-state index contributed by atoms with van der Waals surface area (Å²) in [5.41, 5.74) is 5.98. The molecule has 0 saturated carbocycles. The van der Waals surface area contributed by atoms with Crippen LogP contribution in [0.2, 0.25) is 0 Å². The first kappa shape index (κ1) is 17.9. The Morgan fingerprint density at radius 3 is 2.76 bits per heavy atom. The number of ether oxygens (including phenoxy) is 1. The lowest BCUT2D eigenvalue weighted by Crippen LogP contribution is -2.48. The van der Waals surface area contributed by atoms with E-state index in [9.17, 15) is 4.79 Å². The number of carbonyl (C=O) groups excluding carboxylic acids is 1. The summed E-state index contributed by atoms with van der Waals surface area (Å²) in [4.78, 5) is 16.4. The fraction of sp³-hybridized carbons (Fsp3) is 0.867. The number of unbranched alkanes of at least 4 members (excludes halogenated alkanes) is 1. The van der Waals surface area contributed by atoms with Crippen molar-refractivity contribution in [2.45, 2.75) is 38.6 Å². The quantitative estimate of drug-likeness (QED) is 0.673. The van der Waals surface area contributed by atoms with Crippen LogP contribution in [0.5, 0.6) is 0 Å². The number of rotatable bonds is 9. The van der Waals surface area contributed by atoms with Crippen molar-refractivity contribution in [3.8, 4) is 6.07 Å². The lowest BCUT2D eigenvalue weighted by atomic mass is 10.1. The fourth-order valence-electron chi connectivity index (χ4n) is 2.39. The minimum absolute atomic E-state index is 0.0213. The fourth-order valence-corrected chi connectivity index (χ4v) is 2.39. The molecule has 0 spiro atoms. The van der Waals surface area contributed by atoms with Gasteiger partial charge < -0.3 is 15.4 Å². The third-order valence-electron chi connectivity index (χ3n) is 3.78. The van der Waals surface area contributed by atoms with Crippen LogP contribution in [0.4, 0.5) is 0 Å². The molecule has 1 rings (SSSR count). The molecule has 0 bridgehead atoms. The van der Waals surface area contributed by atoms with E-state index in [4.69, 9.17) is 15.7 Å². The summed E-state index contributed by atoms with van der Waals surface area (Å²) in [6.45, 7) is 7.33. The topological polar surface area (TPSA) is 82.6 Å². The number of hydrogen-bond donors (Lipinski definition) is 1. The number of nitriles is 1. The van der Waals surface area contributed by atoms with Crippen molar-refractivity contribution in [1.82, 2.24) is 9.80 Å². The van der Waals surface area contributed by atoms with E-state index >= 15 is 0 Å². The summed E-state index contributed by atoms with van der Waals surface area (Å²) < 4.78 is 5.32. The van der Waals surface area contributed by atoms with Crippen molar-refractivity contribution < 1.29 is 9.53 Å². The van der Waals surface area contributed by atoms with Crippen LogP contribution in [0.3, 0.4) is 0 Å². The Morgan fingerprint density at radius 1 is 1.43 bits per heavy atom. The van der Waals surface area contributed by atoms with E-state index in [0.29, 0.717) is 19.5 Å². The maximum atomic E-state index is 12.4. The van der Waals surface area contributed by atoms with Gasteiger partial charge in [0, 0.05) is 32.7 Å². The van der Waals surface area contributed by atoms with Crippen LogP contribution < -0.4 is 5.73 Å². The van der Waals surface area contributed by atoms with E-state index in [1.54, 1.807) is 4.90 Å². The first-order valence-electron chi connectivity index (χ1n) is 7.90. The van der Waals surface area contributed by atoms with Crippen molar-refractivity contribution in [2.24, 2.45) is 5.73 Å². The number of hydrogen-bond acceptors (Lipinski definition) is 5. The summed E-state index contributed by atoms with van der Waals surface area (Å²) in [5, 5.41) is 8.75. The average molecular weight is 296 g/mol. The maximum Gasteiger partial charge on any atom is 0.239 e. The summed E-state index contributed by atoms with van der Waals surface area (Å²) in [6, 6.07) is 1.67. The molecule has 21 heavy (non-hydrogen) atoms. The Labute approximate surface area is 127 Å². The standard InChI is InChI=1S/C15H28N4O2/c1-2-3-5-14(17)15(20)19(7-4-6-16)9-8-18-10-12-21-13-11-18/h14H,2-5,7-13,17H2,1H3. The first-order chi connectivity index (χ1) is 10.2. The van der Waals surface area contributed by atoms with E-state index < -0.39 is 6.04 Å². The predicted octanol–water partition coefficient (Wildman–Crippen LogP) is 0.578. The Bertz CT molecular complexity index is 337. The highest BCUT2D eigenvalue weighted by Crippen LogP contribution is 2.05. The second-order valence-corrected chi connectivity index (χ2v) is 5.44. The second-order valence-electron chi connectivity index (χ2n) is 5.44. The third kappa shape index (κ3) is 6.89. The second kappa shape index (κ2) is 10.6. The molecule has 0 aromatic carbocycles. The molecular formula is C15H28N4O2. The van der Waals surface area contributed by atoms with Gasteiger partial charge in [0.25, 0.3) is 0 Å². The molecule has 1 aliphatic rings. The Balaban J connectivity index is 2.45. The number of carbonyl (C=O) groups is 1. The summed E-state index contributed by atoms with van der Waals surface area (Å²) in [6.07, 6.45) is 3.07. The molecule has 1 aliphatic heterocycles. The largest absolute Gasteiger partial charge is 0.379 e. The molecule has 1 heterocycles. The summed E-state index contributed by atoms with van der Waals surface area (Å²) in [5.74, 6) is -0.0213. The van der Waals surface area contributed by atoms with E-state index in [2.05, 4.69) is 17.9 Å². The van der Waals surface area contributed by atoms with E-state index in [1.807, 2.05) is 0 Å². The average Bonchev–Trinajstić information content (AvgIpc) is 2.53. The van der Waals surface area contributed by atoms with Gasteiger partial charge in [0.2, 0.25) is 5.91 Å². The van der Waals surface area contributed by atoms with Crippen LogP contribution in [0.25, 0.3) is 0 Å². The van der Waals surface area contributed by atoms with Gasteiger partial charge in [-0.3, -0.25) is 9.69 Å². The van der Waals surface area contributed by atoms with Gasteiger partial charge in [0.05, 0.1) is 31.7 Å². The van der Waals surface area contributed by atoms with Gasteiger partial charge in [-0.05, 0) is 6.42 Å². The Morgan fingerprint density at radius 2 is 2.14 bits per heavy atom. The predicted molar refractivity (Wildman–Crippen MR) is 81.6 cm³/mol. The van der Waals surface area contributed by atoms with Crippen molar-refractivity contribution >= 4 is 5.91 Å². The SMILES string of the molecule is CCCCC(N)C(=O)N(CCC#N)CCN1CCOCC1. The Hall–Kier alpha value is -1.16. The lowest BCUT2D eigenvalue weighted by Gasteiger charge is -2.31. The van der Waals surface area contributed by atoms with Crippen LogP contribution in [-0.4, -0.2) is 67.7 Å². The molecule has 1 unspecified atom stereocenters. The van der Waals surface area contributed by atoms with Crippen molar-refractivity contribution in [3.63, 3.8) is 0 Å². The van der Waals surface area contributed by atoms with Crippen molar-refractivity contribution in [1.29, 1.82) is 5.26 Å². The highest BCUT2D eigenvalue weighted by atomic mass is 16.5. The van der Waals surface area contributed by atoms with Gasteiger partial charge in [0.1, 0.15) is 0 Å². The zero-order valence-electron chi connectivity index (χ0n) is 13.1. The van der Waals surface area contributed by atoms with E-state index in [-0.39, 0.29) is 5.91 Å². The molecule has 2 N–H and O–H groups in total. The smallest absolute Gasteiger partial charge is 0.239 e. The normalized spacial score (nSPS) is 17.2. The molecule has 120 valence electrons. The number of nitrogens with two attached hydrogens (primary N) is 1. The lowest BCUT2D eigenvalue weighted by molar-refractivity contribution is -0.133. The maximum absolute atomic E-state index is 12.4. The van der Waals surface area contributed by atoms with Gasteiger partial charge in [-0.25, -0.2) is 0 Å². The summed E-state index contributed by atoms with van der Waals surface area (Å²) in [7, 11) is 0. The molecule has 0 aromatic rings. The van der Waals surface area contributed by atoms with Gasteiger partial charge in [-0.2, -0.15) is 5.26 Å². The molecule has 1 amide bonds. The van der Waals surface area contributed by atoms with E-state index in [0.717, 1.165) is 52.1 Å². The molecule has 1 fully saturated rings. The first-order valence-corrected chi connectivity index (χ1v) is 7.90.